The highest BCUT2D eigenvalue weighted by molar-refractivity contribution is 6.06. The van der Waals surface area contributed by atoms with Crippen LogP contribution in [0.15, 0.2) is 49.1 Å². The molecule has 7 heteroatoms. The summed E-state index contributed by atoms with van der Waals surface area (Å²) in [5.41, 5.74) is 0.933. The van der Waals surface area contributed by atoms with E-state index in [4.69, 9.17) is 5.11 Å². The number of pyridine rings is 2. The normalized spacial score (nSPS) is 10.5. The molecule has 0 atom stereocenters. The molecule has 0 aliphatic rings. The van der Waals surface area contributed by atoms with Crippen LogP contribution in [0.5, 0.6) is 0 Å². The topological polar surface area (TPSA) is 96.6 Å². The first-order valence-electron chi connectivity index (χ1n) is 6.07. The molecule has 2 N–H and O–H groups in total. The molecule has 3 aromatic heterocycles. The fraction of sp³-hybridized carbons (Fsp3) is 0. The van der Waals surface area contributed by atoms with E-state index in [9.17, 15) is 9.59 Å². The molecule has 0 fully saturated rings. The van der Waals surface area contributed by atoms with Crippen molar-refractivity contribution in [3.63, 3.8) is 0 Å². The van der Waals surface area contributed by atoms with E-state index in [-0.39, 0.29) is 16.9 Å². The number of carboxylic acid groups (broad SMARTS) is 1. The first kappa shape index (κ1) is 12.8. The molecule has 0 aromatic carbocycles. The molecule has 3 aromatic rings. The predicted molar refractivity (Wildman–Crippen MR) is 74.3 cm³/mol. The molecule has 3 rings (SSSR count). The lowest BCUT2D eigenvalue weighted by molar-refractivity contribution is 0.0698. The molecule has 7 nitrogen and oxygen atoms in total. The SMILES string of the molecule is O=C(Nc1cnccc1C(=O)O)c1cn2ccccc2n1. The van der Waals surface area contributed by atoms with Gasteiger partial charge in [-0.3, -0.25) is 9.78 Å². The molecule has 3 heterocycles. The quantitative estimate of drug-likeness (QED) is 0.761. The van der Waals surface area contributed by atoms with Gasteiger partial charge in [-0.05, 0) is 18.2 Å². The number of nitrogens with one attached hydrogen (secondary N) is 1. The Morgan fingerprint density at radius 2 is 2.10 bits per heavy atom. The maximum Gasteiger partial charge on any atom is 0.337 e. The standard InChI is InChI=1S/C14H10N4O3/c19-13(11-8-18-6-2-1-3-12(18)16-11)17-10-7-15-5-4-9(10)14(20)21/h1-8H,(H,17,19)(H,20,21). The molecule has 0 saturated carbocycles. The van der Waals surface area contributed by atoms with Gasteiger partial charge < -0.3 is 14.8 Å². The molecular weight excluding hydrogens is 272 g/mol. The van der Waals surface area contributed by atoms with Gasteiger partial charge in [0.2, 0.25) is 0 Å². The van der Waals surface area contributed by atoms with Gasteiger partial charge in [0, 0.05) is 18.6 Å². The lowest BCUT2D eigenvalue weighted by atomic mass is 10.2. The molecule has 0 aliphatic carbocycles. The summed E-state index contributed by atoms with van der Waals surface area (Å²) in [7, 11) is 0. The van der Waals surface area contributed by atoms with E-state index in [2.05, 4.69) is 15.3 Å². The number of hydrogen-bond donors (Lipinski definition) is 2. The number of carboxylic acids is 1. The van der Waals surface area contributed by atoms with Crippen LogP contribution in [0.3, 0.4) is 0 Å². The van der Waals surface area contributed by atoms with Crippen molar-refractivity contribution in [1.29, 1.82) is 0 Å². The fourth-order valence-corrected chi connectivity index (χ4v) is 1.91. The highest BCUT2D eigenvalue weighted by Crippen LogP contribution is 2.15. The lowest BCUT2D eigenvalue weighted by Gasteiger charge is -2.05. The van der Waals surface area contributed by atoms with Crippen LogP contribution in [-0.2, 0) is 0 Å². The van der Waals surface area contributed by atoms with Crippen LogP contribution in [0.25, 0.3) is 5.65 Å². The Morgan fingerprint density at radius 3 is 2.86 bits per heavy atom. The number of nitrogens with zero attached hydrogens (tertiary/aromatic N) is 3. The minimum Gasteiger partial charge on any atom is -0.478 e. The minimum atomic E-state index is -1.14. The zero-order valence-corrected chi connectivity index (χ0v) is 10.7. The summed E-state index contributed by atoms with van der Waals surface area (Å²) in [5.74, 6) is -1.63. The van der Waals surface area contributed by atoms with Gasteiger partial charge in [0.15, 0.2) is 0 Å². The van der Waals surface area contributed by atoms with Crippen LogP contribution in [0.4, 0.5) is 5.69 Å². The third-order valence-corrected chi connectivity index (χ3v) is 2.90. The second kappa shape index (κ2) is 5.04. The Kier molecular flexibility index (Phi) is 3.07. The summed E-state index contributed by atoms with van der Waals surface area (Å²) in [6, 6.07) is 6.72. The highest BCUT2D eigenvalue weighted by atomic mass is 16.4. The first-order chi connectivity index (χ1) is 10.1. The summed E-state index contributed by atoms with van der Waals surface area (Å²) in [4.78, 5) is 31.2. The maximum atomic E-state index is 12.2. The molecule has 0 spiro atoms. The van der Waals surface area contributed by atoms with Gasteiger partial charge in [-0.2, -0.15) is 0 Å². The smallest absolute Gasteiger partial charge is 0.337 e. The summed E-state index contributed by atoms with van der Waals surface area (Å²) in [6.07, 6.45) is 5.98. The number of carbonyl (C=O) groups is 2. The molecular formula is C14H10N4O3. The average molecular weight is 282 g/mol. The monoisotopic (exact) mass is 282 g/mol. The first-order valence-corrected chi connectivity index (χ1v) is 6.07. The van der Waals surface area contributed by atoms with E-state index in [0.717, 1.165) is 0 Å². The molecule has 1 amide bonds. The number of hydrogen-bond acceptors (Lipinski definition) is 4. The Hall–Kier alpha value is -3.22. The maximum absolute atomic E-state index is 12.2. The van der Waals surface area contributed by atoms with E-state index in [1.54, 1.807) is 22.9 Å². The molecule has 0 aliphatic heterocycles. The number of anilines is 1. The Morgan fingerprint density at radius 1 is 1.24 bits per heavy atom. The fourth-order valence-electron chi connectivity index (χ4n) is 1.91. The lowest BCUT2D eigenvalue weighted by Crippen LogP contribution is -2.15. The summed E-state index contributed by atoms with van der Waals surface area (Å²) in [5, 5.41) is 11.6. The van der Waals surface area contributed by atoms with Crippen LogP contribution < -0.4 is 5.32 Å². The van der Waals surface area contributed by atoms with Crippen molar-refractivity contribution in [3.8, 4) is 0 Å². The summed E-state index contributed by atoms with van der Waals surface area (Å²) in [6.45, 7) is 0. The number of imidazole rings is 1. The molecule has 0 radical (unpaired) electrons. The Bertz CT molecular complexity index is 808. The van der Waals surface area contributed by atoms with E-state index in [1.165, 1.54) is 18.5 Å². The molecule has 21 heavy (non-hydrogen) atoms. The number of fused-ring (bicyclic) bond motifs is 1. The molecule has 104 valence electrons. The second-order valence-corrected chi connectivity index (χ2v) is 4.27. The van der Waals surface area contributed by atoms with Crippen molar-refractivity contribution in [2.24, 2.45) is 0 Å². The zero-order valence-electron chi connectivity index (χ0n) is 10.7. The van der Waals surface area contributed by atoms with Gasteiger partial charge in [-0.15, -0.1) is 0 Å². The molecule has 0 bridgehead atoms. The van der Waals surface area contributed by atoms with Gasteiger partial charge in [-0.25, -0.2) is 9.78 Å². The van der Waals surface area contributed by atoms with Crippen LogP contribution in [0, 0.1) is 0 Å². The number of amides is 1. The van der Waals surface area contributed by atoms with Crippen molar-refractivity contribution in [1.82, 2.24) is 14.4 Å². The number of rotatable bonds is 3. The number of carbonyl (C=O) groups excluding carboxylic acids is 1. The van der Waals surface area contributed by atoms with Crippen LogP contribution in [-0.4, -0.2) is 31.4 Å². The van der Waals surface area contributed by atoms with Gasteiger partial charge >= 0.3 is 5.97 Å². The van der Waals surface area contributed by atoms with Crippen molar-refractivity contribution in [2.75, 3.05) is 5.32 Å². The Labute approximate surface area is 118 Å². The highest BCUT2D eigenvalue weighted by Gasteiger charge is 2.15. The molecule has 0 saturated heterocycles. The largest absolute Gasteiger partial charge is 0.478 e. The Balaban J connectivity index is 1.91. The summed E-state index contributed by atoms with van der Waals surface area (Å²) >= 11 is 0. The van der Waals surface area contributed by atoms with Crippen molar-refractivity contribution < 1.29 is 14.7 Å². The number of aromatic carboxylic acids is 1. The van der Waals surface area contributed by atoms with E-state index in [0.29, 0.717) is 5.65 Å². The van der Waals surface area contributed by atoms with Gasteiger partial charge in [0.1, 0.15) is 11.3 Å². The van der Waals surface area contributed by atoms with Gasteiger partial charge in [0.25, 0.3) is 5.91 Å². The van der Waals surface area contributed by atoms with Crippen molar-refractivity contribution >= 4 is 23.2 Å². The average Bonchev–Trinajstić information content (AvgIpc) is 2.91. The van der Waals surface area contributed by atoms with Gasteiger partial charge in [-0.1, -0.05) is 6.07 Å². The van der Waals surface area contributed by atoms with Gasteiger partial charge in [0.05, 0.1) is 17.4 Å². The van der Waals surface area contributed by atoms with Crippen LogP contribution in [0.1, 0.15) is 20.8 Å². The predicted octanol–water partition coefficient (Wildman–Crippen LogP) is 1.68. The molecule has 0 unspecified atom stereocenters. The van der Waals surface area contributed by atoms with Crippen molar-refractivity contribution in [3.05, 3.63) is 60.3 Å². The van der Waals surface area contributed by atoms with E-state index >= 15 is 0 Å². The van der Waals surface area contributed by atoms with Crippen LogP contribution in [0.2, 0.25) is 0 Å². The number of aromatic nitrogens is 3. The van der Waals surface area contributed by atoms with E-state index < -0.39 is 11.9 Å². The minimum absolute atomic E-state index is 0.0258. The third-order valence-electron chi connectivity index (χ3n) is 2.90. The van der Waals surface area contributed by atoms with Crippen molar-refractivity contribution in [2.45, 2.75) is 0 Å². The zero-order chi connectivity index (χ0) is 14.8. The van der Waals surface area contributed by atoms with Crippen LogP contribution >= 0.6 is 0 Å². The summed E-state index contributed by atoms with van der Waals surface area (Å²) < 4.78 is 1.70. The third kappa shape index (κ3) is 2.44. The van der Waals surface area contributed by atoms with E-state index in [1.807, 2.05) is 12.1 Å². The second-order valence-electron chi connectivity index (χ2n) is 4.27.